The first-order valence-electron chi connectivity index (χ1n) is 16.3. The minimum atomic E-state index is -4.60. The van der Waals surface area contributed by atoms with Crippen molar-refractivity contribution >= 4 is 29.5 Å². The number of rotatable bonds is 6. The van der Waals surface area contributed by atoms with E-state index in [4.69, 9.17) is 5.73 Å². The number of likely N-dealkylation sites (N-methyl/N-ethyl adjacent to an activating group) is 1. The van der Waals surface area contributed by atoms with E-state index in [1.807, 2.05) is 4.90 Å². The lowest BCUT2D eigenvalue weighted by Crippen LogP contribution is -2.45. The molecule has 4 aromatic rings. The summed E-state index contributed by atoms with van der Waals surface area (Å²) in [6.45, 7) is 6.11. The molecule has 1 saturated heterocycles. The summed E-state index contributed by atoms with van der Waals surface area (Å²) in [6, 6.07) is 11.7. The second-order valence-corrected chi connectivity index (χ2v) is 12.3. The van der Waals surface area contributed by atoms with E-state index >= 15 is 0 Å². The van der Waals surface area contributed by atoms with Crippen LogP contribution in [0.1, 0.15) is 55.6 Å². The highest BCUT2D eigenvalue weighted by Crippen LogP contribution is 2.35. The molecule has 15 heteroatoms. The summed E-state index contributed by atoms with van der Waals surface area (Å²) in [7, 11) is 1.73. The van der Waals surface area contributed by atoms with Gasteiger partial charge in [0.15, 0.2) is 0 Å². The molecule has 1 fully saturated rings. The second-order valence-electron chi connectivity index (χ2n) is 12.3. The number of nitrogens with two attached hydrogens (primary N) is 1. The number of nitrogens with one attached hydrogen (secondary N) is 1. The highest BCUT2D eigenvalue weighted by molar-refractivity contribution is 6.05. The molecular weight excluding hydrogens is 665 g/mol. The summed E-state index contributed by atoms with van der Waals surface area (Å²) in [5.74, 6) is 4.68. The molecule has 6 rings (SSSR count). The van der Waals surface area contributed by atoms with Crippen molar-refractivity contribution in [1.29, 1.82) is 0 Å². The SMILES string of the molecule is CCN1CCN(Cc2ccc(NC(=O)c3cccc(C#Cc4cnc(N)nc4-c4cc5c(n4C)CCN(C(=O)O)C5=O)c3)cc2C(F)(F)F)CC1. The Morgan fingerprint density at radius 2 is 1.76 bits per heavy atom. The van der Waals surface area contributed by atoms with Crippen molar-refractivity contribution in [2.75, 3.05) is 50.3 Å². The summed E-state index contributed by atoms with van der Waals surface area (Å²) >= 11 is 0. The minimum absolute atomic E-state index is 0.0160. The minimum Gasteiger partial charge on any atom is -0.465 e. The number of hydrogen-bond donors (Lipinski definition) is 3. The van der Waals surface area contributed by atoms with Crippen molar-refractivity contribution in [3.8, 4) is 23.2 Å². The molecule has 0 bridgehead atoms. The first-order valence-corrected chi connectivity index (χ1v) is 16.3. The third-order valence-electron chi connectivity index (χ3n) is 9.13. The number of carbonyl (C=O) groups excluding carboxylic acids is 2. The van der Waals surface area contributed by atoms with Gasteiger partial charge in [0.2, 0.25) is 5.95 Å². The van der Waals surface area contributed by atoms with Gasteiger partial charge in [0, 0.05) is 81.4 Å². The van der Waals surface area contributed by atoms with E-state index in [1.54, 1.807) is 29.8 Å². The van der Waals surface area contributed by atoms with Crippen LogP contribution in [0.25, 0.3) is 11.4 Å². The standard InChI is InChI=1S/C36H35F3N8O4/c1-3-45-13-15-46(16-14-45)21-25-9-10-26(18-28(25)36(37,38)39)42-32(48)23-6-4-5-22(17-23)7-8-24-20-41-34(40)43-31(24)30-19-27-29(44(30)2)11-12-47(33(27)49)35(50)51/h4-6,9-10,17-20H,3,11-16,21H2,1-2H3,(H,42,48)(H,50,51)(H2,40,41,43). The van der Waals surface area contributed by atoms with Crippen molar-refractivity contribution in [3.05, 3.63) is 93.8 Å². The highest BCUT2D eigenvalue weighted by atomic mass is 19.4. The van der Waals surface area contributed by atoms with E-state index < -0.39 is 29.6 Å². The molecule has 2 aromatic carbocycles. The smallest absolute Gasteiger partial charge is 0.416 e. The molecule has 4 N–H and O–H groups in total. The molecule has 2 aromatic heterocycles. The van der Waals surface area contributed by atoms with E-state index in [2.05, 4.69) is 38.9 Å². The Balaban J connectivity index is 1.22. The van der Waals surface area contributed by atoms with Gasteiger partial charge in [-0.2, -0.15) is 13.2 Å². The molecule has 3 amide bonds. The molecule has 0 saturated carbocycles. The zero-order valence-electron chi connectivity index (χ0n) is 27.9. The van der Waals surface area contributed by atoms with E-state index in [0.717, 1.165) is 30.6 Å². The van der Waals surface area contributed by atoms with Crippen molar-refractivity contribution < 1.29 is 32.7 Å². The molecule has 264 valence electrons. The number of hydrogen-bond acceptors (Lipinski definition) is 8. The van der Waals surface area contributed by atoms with Gasteiger partial charge < -0.3 is 25.6 Å². The Morgan fingerprint density at radius 3 is 2.47 bits per heavy atom. The van der Waals surface area contributed by atoms with Crippen LogP contribution >= 0.6 is 0 Å². The van der Waals surface area contributed by atoms with Crippen LogP contribution in [0.4, 0.5) is 29.6 Å². The van der Waals surface area contributed by atoms with E-state index in [9.17, 15) is 32.7 Å². The summed E-state index contributed by atoms with van der Waals surface area (Å²) in [5.41, 5.74) is 7.92. The molecule has 0 radical (unpaired) electrons. The number of anilines is 2. The third-order valence-corrected chi connectivity index (χ3v) is 9.13. The summed E-state index contributed by atoms with van der Waals surface area (Å²) in [5, 5.41) is 12.0. The Hall–Kier alpha value is -5.72. The number of imide groups is 1. The number of piperazine rings is 1. The number of amides is 3. The maximum atomic E-state index is 14.1. The predicted octanol–water partition coefficient (Wildman–Crippen LogP) is 4.55. The van der Waals surface area contributed by atoms with Gasteiger partial charge in [-0.15, -0.1) is 0 Å². The second kappa shape index (κ2) is 14.3. The molecule has 0 aliphatic carbocycles. The van der Waals surface area contributed by atoms with Crippen LogP contribution in [0.15, 0.2) is 54.7 Å². The largest absolute Gasteiger partial charge is 0.465 e. The fourth-order valence-corrected chi connectivity index (χ4v) is 6.33. The van der Waals surface area contributed by atoms with Gasteiger partial charge in [0.1, 0.15) is 5.69 Å². The van der Waals surface area contributed by atoms with Crippen LogP contribution in [-0.4, -0.2) is 91.5 Å². The van der Waals surface area contributed by atoms with Gasteiger partial charge in [-0.1, -0.05) is 30.9 Å². The number of alkyl halides is 3. The first-order chi connectivity index (χ1) is 24.3. The fraction of sp³-hybridized carbons (Fsp3) is 0.306. The number of carbonyl (C=O) groups is 3. The number of aromatic nitrogens is 3. The topological polar surface area (TPSA) is 150 Å². The molecular formula is C36H35F3N8O4. The fourth-order valence-electron chi connectivity index (χ4n) is 6.33. The van der Waals surface area contributed by atoms with Gasteiger partial charge in [-0.05, 0) is 48.5 Å². The normalized spacial score (nSPS) is 15.2. The average Bonchev–Trinajstić information content (AvgIpc) is 3.45. The maximum absolute atomic E-state index is 14.1. The number of halogens is 3. The molecule has 2 aliphatic rings. The van der Waals surface area contributed by atoms with Crippen molar-refractivity contribution in [3.63, 3.8) is 0 Å². The van der Waals surface area contributed by atoms with Crippen LogP contribution in [0.5, 0.6) is 0 Å². The Kier molecular flexibility index (Phi) is 9.82. The predicted molar refractivity (Wildman–Crippen MR) is 183 cm³/mol. The van der Waals surface area contributed by atoms with Crippen LogP contribution in [0, 0.1) is 11.8 Å². The summed E-state index contributed by atoms with van der Waals surface area (Å²) in [6.07, 6.45) is -4.19. The molecule has 12 nitrogen and oxygen atoms in total. The van der Waals surface area contributed by atoms with E-state index in [0.29, 0.717) is 47.7 Å². The van der Waals surface area contributed by atoms with Gasteiger partial charge in [0.25, 0.3) is 11.8 Å². The lowest BCUT2D eigenvalue weighted by atomic mass is 10.0. The maximum Gasteiger partial charge on any atom is 0.416 e. The van der Waals surface area contributed by atoms with Crippen LogP contribution in [-0.2, 0) is 26.2 Å². The Morgan fingerprint density at radius 1 is 1.02 bits per heavy atom. The van der Waals surface area contributed by atoms with Crippen molar-refractivity contribution in [1.82, 2.24) is 29.2 Å². The number of nitrogens with zero attached hydrogens (tertiary/aromatic N) is 6. The molecule has 0 spiro atoms. The van der Waals surface area contributed by atoms with E-state index in [1.165, 1.54) is 30.5 Å². The van der Waals surface area contributed by atoms with Gasteiger partial charge in [-0.3, -0.25) is 14.5 Å². The van der Waals surface area contributed by atoms with Crippen LogP contribution in [0.2, 0.25) is 0 Å². The molecule has 0 atom stereocenters. The number of carboxylic acid groups (broad SMARTS) is 1. The third kappa shape index (κ3) is 7.57. The molecule has 4 heterocycles. The zero-order valence-corrected chi connectivity index (χ0v) is 27.9. The zero-order chi connectivity index (χ0) is 36.4. The number of benzene rings is 2. The molecule has 0 unspecified atom stereocenters. The summed E-state index contributed by atoms with van der Waals surface area (Å²) in [4.78, 5) is 51.0. The lowest BCUT2D eigenvalue weighted by Gasteiger charge is -2.34. The molecule has 51 heavy (non-hydrogen) atoms. The highest BCUT2D eigenvalue weighted by Gasteiger charge is 2.35. The van der Waals surface area contributed by atoms with Gasteiger partial charge >= 0.3 is 12.3 Å². The van der Waals surface area contributed by atoms with Crippen molar-refractivity contribution in [2.45, 2.75) is 26.1 Å². The quantitative estimate of drug-likeness (QED) is 0.246. The molecule has 2 aliphatic heterocycles. The van der Waals surface area contributed by atoms with Crippen LogP contribution in [0.3, 0.4) is 0 Å². The van der Waals surface area contributed by atoms with Gasteiger partial charge in [-0.25, -0.2) is 19.7 Å². The van der Waals surface area contributed by atoms with Crippen molar-refractivity contribution in [2.24, 2.45) is 7.05 Å². The monoisotopic (exact) mass is 700 g/mol. The van der Waals surface area contributed by atoms with Crippen LogP contribution < -0.4 is 11.1 Å². The Bertz CT molecular complexity index is 2080. The first kappa shape index (κ1) is 35.1. The number of fused-ring (bicyclic) bond motifs is 1. The average molecular weight is 701 g/mol. The number of nitrogen functional groups attached to an aromatic ring is 1. The van der Waals surface area contributed by atoms with Gasteiger partial charge in [0.05, 0.1) is 22.4 Å². The Labute approximate surface area is 291 Å². The summed E-state index contributed by atoms with van der Waals surface area (Å²) < 4.78 is 44.1. The lowest BCUT2D eigenvalue weighted by molar-refractivity contribution is -0.138. The van der Waals surface area contributed by atoms with E-state index in [-0.39, 0.29) is 41.4 Å².